The van der Waals surface area contributed by atoms with Gasteiger partial charge in [0.05, 0.1) is 13.1 Å². The number of furan rings is 1. The maximum absolute atomic E-state index is 5.91. The third-order valence-electron chi connectivity index (χ3n) is 2.94. The van der Waals surface area contributed by atoms with Crippen molar-refractivity contribution in [2.45, 2.75) is 47.2 Å². The summed E-state index contributed by atoms with van der Waals surface area (Å²) in [5.41, 5.74) is 1.26. The first kappa shape index (κ1) is 15.3. The second kappa shape index (κ2) is 7.59. The zero-order chi connectivity index (χ0) is 13.5. The van der Waals surface area contributed by atoms with E-state index in [1.54, 1.807) is 0 Å². The van der Waals surface area contributed by atoms with Gasteiger partial charge in [0.15, 0.2) is 0 Å². The minimum absolute atomic E-state index is 0.676. The Morgan fingerprint density at radius 1 is 1.39 bits per heavy atom. The molecule has 104 valence electrons. The average Bonchev–Trinajstić information content (AvgIpc) is 2.59. The molecule has 3 nitrogen and oxygen atoms in total. The molecule has 0 bridgehead atoms. The van der Waals surface area contributed by atoms with E-state index in [1.165, 1.54) is 12.0 Å². The Hall–Kier alpha value is -0.800. The van der Waals surface area contributed by atoms with Gasteiger partial charge in [0, 0.05) is 0 Å². The molecule has 0 aliphatic carbocycles. The predicted octanol–water partition coefficient (Wildman–Crippen LogP) is 3.18. The summed E-state index contributed by atoms with van der Waals surface area (Å²) in [4.78, 5) is 2.30. The highest BCUT2D eigenvalue weighted by Gasteiger charge is 2.09. The zero-order valence-electron chi connectivity index (χ0n) is 12.5. The SMILES string of the molecule is CCCN(C)Cc1cc(C)c(CNCC(C)C)o1. The van der Waals surface area contributed by atoms with E-state index in [1.807, 2.05) is 0 Å². The molecule has 0 aliphatic heterocycles. The molecular formula is C15H28N2O. The lowest BCUT2D eigenvalue weighted by Crippen LogP contribution is -2.19. The number of aryl methyl sites for hydroxylation is 1. The Morgan fingerprint density at radius 3 is 2.72 bits per heavy atom. The molecule has 1 N–H and O–H groups in total. The lowest BCUT2D eigenvalue weighted by molar-refractivity contribution is 0.289. The van der Waals surface area contributed by atoms with Crippen LogP contribution < -0.4 is 5.32 Å². The van der Waals surface area contributed by atoms with Crippen LogP contribution in [0.4, 0.5) is 0 Å². The third kappa shape index (κ3) is 5.23. The summed E-state index contributed by atoms with van der Waals surface area (Å²) in [6, 6.07) is 2.17. The predicted molar refractivity (Wildman–Crippen MR) is 76.6 cm³/mol. The van der Waals surface area contributed by atoms with Gasteiger partial charge in [-0.25, -0.2) is 0 Å². The van der Waals surface area contributed by atoms with Crippen LogP contribution in [0.1, 0.15) is 44.3 Å². The largest absolute Gasteiger partial charge is 0.463 e. The summed E-state index contributed by atoms with van der Waals surface area (Å²) in [5, 5.41) is 3.43. The van der Waals surface area contributed by atoms with E-state index in [2.05, 4.69) is 51.0 Å². The highest BCUT2D eigenvalue weighted by molar-refractivity contribution is 5.20. The van der Waals surface area contributed by atoms with E-state index in [4.69, 9.17) is 4.42 Å². The van der Waals surface area contributed by atoms with Crippen molar-refractivity contribution in [2.75, 3.05) is 20.1 Å². The fraction of sp³-hybridized carbons (Fsp3) is 0.733. The number of rotatable bonds is 8. The second-order valence-corrected chi connectivity index (χ2v) is 5.58. The standard InChI is InChI=1S/C15H28N2O/c1-6-7-17(5)11-14-8-13(4)15(18-14)10-16-9-12(2)3/h8,12,16H,6-7,9-11H2,1-5H3. The van der Waals surface area contributed by atoms with Crippen molar-refractivity contribution in [3.8, 4) is 0 Å². The fourth-order valence-corrected chi connectivity index (χ4v) is 2.04. The first-order chi connectivity index (χ1) is 8.52. The van der Waals surface area contributed by atoms with Gasteiger partial charge >= 0.3 is 0 Å². The summed E-state index contributed by atoms with van der Waals surface area (Å²) in [7, 11) is 2.14. The van der Waals surface area contributed by atoms with Crippen molar-refractivity contribution < 1.29 is 4.42 Å². The van der Waals surface area contributed by atoms with Gasteiger partial charge in [-0.05, 0) is 51.0 Å². The van der Waals surface area contributed by atoms with Crippen LogP contribution in [0.5, 0.6) is 0 Å². The molecule has 1 rings (SSSR count). The van der Waals surface area contributed by atoms with Gasteiger partial charge in [-0.15, -0.1) is 0 Å². The molecule has 1 aromatic heterocycles. The molecule has 1 heterocycles. The van der Waals surface area contributed by atoms with Crippen molar-refractivity contribution in [1.82, 2.24) is 10.2 Å². The van der Waals surface area contributed by atoms with Crippen molar-refractivity contribution in [2.24, 2.45) is 5.92 Å². The first-order valence-electron chi connectivity index (χ1n) is 7.00. The Kier molecular flexibility index (Phi) is 6.44. The van der Waals surface area contributed by atoms with Crippen molar-refractivity contribution in [1.29, 1.82) is 0 Å². The minimum atomic E-state index is 0.676. The van der Waals surface area contributed by atoms with E-state index >= 15 is 0 Å². The van der Waals surface area contributed by atoms with Gasteiger partial charge < -0.3 is 9.73 Å². The summed E-state index contributed by atoms with van der Waals surface area (Å²) in [5.74, 6) is 2.83. The molecule has 0 saturated carbocycles. The molecule has 0 aromatic carbocycles. The van der Waals surface area contributed by atoms with Gasteiger partial charge in [0.1, 0.15) is 11.5 Å². The van der Waals surface area contributed by atoms with Crippen molar-refractivity contribution >= 4 is 0 Å². The molecule has 0 atom stereocenters. The molecule has 0 saturated heterocycles. The van der Waals surface area contributed by atoms with Crippen LogP contribution in [0.25, 0.3) is 0 Å². The Morgan fingerprint density at radius 2 is 2.11 bits per heavy atom. The highest BCUT2D eigenvalue weighted by Crippen LogP contribution is 2.16. The van der Waals surface area contributed by atoms with Crippen LogP contribution in [-0.4, -0.2) is 25.0 Å². The van der Waals surface area contributed by atoms with Crippen molar-refractivity contribution in [3.63, 3.8) is 0 Å². The van der Waals surface area contributed by atoms with Gasteiger partial charge in [-0.1, -0.05) is 20.8 Å². The highest BCUT2D eigenvalue weighted by atomic mass is 16.3. The molecular weight excluding hydrogens is 224 g/mol. The second-order valence-electron chi connectivity index (χ2n) is 5.58. The molecule has 0 radical (unpaired) electrons. The Bertz CT molecular complexity index is 344. The molecule has 18 heavy (non-hydrogen) atoms. The monoisotopic (exact) mass is 252 g/mol. The van der Waals surface area contributed by atoms with Crippen LogP contribution in [0.3, 0.4) is 0 Å². The quantitative estimate of drug-likeness (QED) is 0.770. The first-order valence-corrected chi connectivity index (χ1v) is 7.00. The number of nitrogens with zero attached hydrogens (tertiary/aromatic N) is 1. The lowest BCUT2D eigenvalue weighted by Gasteiger charge is -2.13. The van der Waals surface area contributed by atoms with Gasteiger partial charge in [0.2, 0.25) is 0 Å². The normalized spacial score (nSPS) is 11.7. The Labute approximate surface area is 112 Å². The van der Waals surface area contributed by atoms with Crippen LogP contribution in [0.15, 0.2) is 10.5 Å². The van der Waals surface area contributed by atoms with E-state index in [0.717, 1.165) is 37.7 Å². The number of hydrogen-bond acceptors (Lipinski definition) is 3. The summed E-state index contributed by atoms with van der Waals surface area (Å²) in [6.45, 7) is 12.6. The van der Waals surface area contributed by atoms with Gasteiger partial charge in [-0.2, -0.15) is 0 Å². The molecule has 1 aromatic rings. The summed E-state index contributed by atoms with van der Waals surface area (Å²) < 4.78 is 5.91. The number of hydrogen-bond donors (Lipinski definition) is 1. The molecule has 0 aliphatic rings. The van der Waals surface area contributed by atoms with Crippen LogP contribution in [-0.2, 0) is 13.1 Å². The topological polar surface area (TPSA) is 28.4 Å². The maximum atomic E-state index is 5.91. The van der Waals surface area contributed by atoms with E-state index < -0.39 is 0 Å². The van der Waals surface area contributed by atoms with Gasteiger partial charge in [0.25, 0.3) is 0 Å². The Balaban J connectivity index is 2.48. The minimum Gasteiger partial charge on any atom is -0.463 e. The van der Waals surface area contributed by atoms with Gasteiger partial charge in [-0.3, -0.25) is 4.90 Å². The third-order valence-corrected chi connectivity index (χ3v) is 2.94. The molecule has 0 amide bonds. The maximum Gasteiger partial charge on any atom is 0.120 e. The summed E-state index contributed by atoms with van der Waals surface area (Å²) >= 11 is 0. The van der Waals surface area contributed by atoms with E-state index in [9.17, 15) is 0 Å². The van der Waals surface area contributed by atoms with E-state index in [0.29, 0.717) is 5.92 Å². The summed E-state index contributed by atoms with van der Waals surface area (Å²) in [6.07, 6.45) is 1.18. The zero-order valence-corrected chi connectivity index (χ0v) is 12.5. The average molecular weight is 252 g/mol. The molecule has 3 heteroatoms. The van der Waals surface area contributed by atoms with E-state index in [-0.39, 0.29) is 0 Å². The molecule has 0 unspecified atom stereocenters. The lowest BCUT2D eigenvalue weighted by atomic mass is 10.2. The van der Waals surface area contributed by atoms with Crippen LogP contribution >= 0.6 is 0 Å². The molecule has 0 spiro atoms. The molecule has 0 fully saturated rings. The smallest absolute Gasteiger partial charge is 0.120 e. The number of nitrogens with one attached hydrogen (secondary N) is 1. The van der Waals surface area contributed by atoms with Crippen LogP contribution in [0, 0.1) is 12.8 Å². The van der Waals surface area contributed by atoms with Crippen LogP contribution in [0.2, 0.25) is 0 Å². The van der Waals surface area contributed by atoms with Crippen molar-refractivity contribution in [3.05, 3.63) is 23.2 Å². The fourth-order valence-electron chi connectivity index (χ4n) is 2.04.